The van der Waals surface area contributed by atoms with E-state index in [9.17, 15) is 18.9 Å². The van der Waals surface area contributed by atoms with Gasteiger partial charge in [0.25, 0.3) is 0 Å². The molecule has 1 aliphatic carbocycles. The molecule has 4 amide bonds. The second-order valence-electron chi connectivity index (χ2n) is 10.3. The van der Waals surface area contributed by atoms with Crippen molar-refractivity contribution in [1.82, 2.24) is 14.9 Å². The van der Waals surface area contributed by atoms with E-state index >= 15 is 4.39 Å². The monoisotopic (exact) mass is 493 g/mol. The standard InChI is InChI=1S/C24H32FN3O5S/c1-23(2,3)34(32)27-24(11-7-15-5-4-6-18(25)19(15)24)12-8-17-20(29)26-22(31)28(21(17)30)16-9-13-33-14-10-16/h4-6,16-17,27H,7-14H2,1-3H3,(H,26,29,31)/t17-,24+,34-/m1/s1. The number of hydrogen-bond donors (Lipinski definition) is 2. The maximum Gasteiger partial charge on any atom is 0.331 e. The summed E-state index contributed by atoms with van der Waals surface area (Å²) < 4.78 is 36.1. The van der Waals surface area contributed by atoms with E-state index in [-0.39, 0.29) is 18.9 Å². The smallest absolute Gasteiger partial charge is 0.331 e. The van der Waals surface area contributed by atoms with Crippen LogP contribution in [0.3, 0.4) is 0 Å². The molecule has 8 nitrogen and oxygen atoms in total. The molecule has 2 N–H and O–H groups in total. The van der Waals surface area contributed by atoms with Crippen molar-refractivity contribution in [3.05, 3.63) is 35.1 Å². The Morgan fingerprint density at radius 3 is 2.65 bits per heavy atom. The van der Waals surface area contributed by atoms with Crippen molar-refractivity contribution in [2.75, 3.05) is 13.2 Å². The van der Waals surface area contributed by atoms with Crippen LogP contribution in [0.15, 0.2) is 18.2 Å². The average Bonchev–Trinajstić information content (AvgIpc) is 3.13. The molecule has 0 radical (unpaired) electrons. The Morgan fingerprint density at radius 1 is 1.26 bits per heavy atom. The Balaban J connectivity index is 1.60. The van der Waals surface area contributed by atoms with E-state index in [2.05, 4.69) is 10.0 Å². The summed E-state index contributed by atoms with van der Waals surface area (Å²) in [6.07, 6.45) is 2.46. The van der Waals surface area contributed by atoms with Crippen LogP contribution >= 0.6 is 0 Å². The van der Waals surface area contributed by atoms with Crippen molar-refractivity contribution in [2.24, 2.45) is 5.92 Å². The lowest BCUT2D eigenvalue weighted by atomic mass is 9.83. The number of fused-ring (bicyclic) bond motifs is 1. The van der Waals surface area contributed by atoms with Crippen molar-refractivity contribution in [3.63, 3.8) is 0 Å². The molecule has 2 fully saturated rings. The minimum Gasteiger partial charge on any atom is -0.598 e. The third-order valence-corrected chi connectivity index (χ3v) is 8.65. The molecule has 1 aromatic carbocycles. The van der Waals surface area contributed by atoms with Gasteiger partial charge in [-0.2, -0.15) is 0 Å². The molecule has 3 atom stereocenters. The molecule has 10 heteroatoms. The molecule has 2 saturated heterocycles. The third-order valence-electron chi connectivity index (χ3n) is 6.96. The molecule has 34 heavy (non-hydrogen) atoms. The number of hydrogen-bond acceptors (Lipinski definition) is 6. The van der Waals surface area contributed by atoms with Gasteiger partial charge in [0.05, 0.1) is 5.54 Å². The molecule has 4 rings (SSSR count). The van der Waals surface area contributed by atoms with Gasteiger partial charge < -0.3 is 9.29 Å². The predicted octanol–water partition coefficient (Wildman–Crippen LogP) is 2.67. The van der Waals surface area contributed by atoms with Gasteiger partial charge >= 0.3 is 6.03 Å². The normalized spacial score (nSPS) is 27.0. The van der Waals surface area contributed by atoms with Crippen molar-refractivity contribution in [3.8, 4) is 0 Å². The van der Waals surface area contributed by atoms with Crippen LogP contribution in [-0.4, -0.2) is 51.3 Å². The van der Waals surface area contributed by atoms with E-state index in [1.807, 2.05) is 26.8 Å². The molecule has 3 aliphatic rings. The Hall–Kier alpha value is -2.01. The second kappa shape index (κ2) is 9.56. The maximum atomic E-state index is 15.1. The van der Waals surface area contributed by atoms with Gasteiger partial charge in [-0.1, -0.05) is 12.1 Å². The van der Waals surface area contributed by atoms with Gasteiger partial charge in [0.2, 0.25) is 11.8 Å². The van der Waals surface area contributed by atoms with Crippen LogP contribution in [0, 0.1) is 11.7 Å². The summed E-state index contributed by atoms with van der Waals surface area (Å²) in [7, 11) is 0. The lowest BCUT2D eigenvalue weighted by molar-refractivity contribution is -0.145. The number of amides is 4. The van der Waals surface area contributed by atoms with Crippen LogP contribution in [0.25, 0.3) is 0 Å². The number of imide groups is 2. The van der Waals surface area contributed by atoms with E-state index in [1.165, 1.54) is 6.07 Å². The lowest BCUT2D eigenvalue weighted by Crippen LogP contribution is -2.62. The molecule has 0 unspecified atom stereocenters. The molecule has 186 valence electrons. The van der Waals surface area contributed by atoms with Crippen molar-refractivity contribution >= 4 is 29.2 Å². The highest BCUT2D eigenvalue weighted by Crippen LogP contribution is 2.44. The van der Waals surface area contributed by atoms with Crippen molar-refractivity contribution in [2.45, 2.75) is 75.6 Å². The summed E-state index contributed by atoms with van der Waals surface area (Å²) in [5.74, 6) is -2.64. The topological polar surface area (TPSA) is 111 Å². The summed E-state index contributed by atoms with van der Waals surface area (Å²) in [5.41, 5.74) is 0.301. The highest BCUT2D eigenvalue weighted by molar-refractivity contribution is 7.90. The van der Waals surface area contributed by atoms with E-state index in [0.29, 0.717) is 44.5 Å². The molecular weight excluding hydrogens is 461 g/mol. The third kappa shape index (κ3) is 4.73. The first kappa shape index (κ1) is 25.1. The molecule has 0 aromatic heterocycles. The molecule has 1 aromatic rings. The van der Waals surface area contributed by atoms with Crippen LogP contribution in [0.5, 0.6) is 0 Å². The number of barbiturate groups is 1. The van der Waals surface area contributed by atoms with Crippen molar-refractivity contribution in [1.29, 1.82) is 0 Å². The van der Waals surface area contributed by atoms with Crippen LogP contribution in [-0.2, 0) is 37.6 Å². The van der Waals surface area contributed by atoms with Gasteiger partial charge in [-0.15, -0.1) is 4.72 Å². The first-order valence-electron chi connectivity index (χ1n) is 11.8. The number of nitrogens with one attached hydrogen (secondary N) is 2. The Morgan fingerprint density at radius 2 is 1.97 bits per heavy atom. The molecule has 2 heterocycles. The predicted molar refractivity (Wildman–Crippen MR) is 124 cm³/mol. The van der Waals surface area contributed by atoms with Gasteiger partial charge in [-0.25, -0.2) is 9.18 Å². The largest absolute Gasteiger partial charge is 0.598 e. The van der Waals surface area contributed by atoms with Gasteiger partial charge in [0, 0.05) is 36.2 Å². The van der Waals surface area contributed by atoms with E-state index < -0.39 is 51.2 Å². The molecule has 2 aliphatic heterocycles. The zero-order valence-electron chi connectivity index (χ0n) is 19.8. The number of ether oxygens (including phenoxy) is 1. The highest BCUT2D eigenvalue weighted by Gasteiger charge is 2.49. The fourth-order valence-corrected chi connectivity index (χ4v) is 6.05. The lowest BCUT2D eigenvalue weighted by Gasteiger charge is -2.39. The van der Waals surface area contributed by atoms with Crippen LogP contribution in [0.4, 0.5) is 9.18 Å². The van der Waals surface area contributed by atoms with Gasteiger partial charge in [0.1, 0.15) is 16.5 Å². The SMILES string of the molecule is CC(C)(C)[S@@+]([O-])N[C@]1(CC[C@@H]2C(=O)NC(=O)N(C3CCOCC3)C2=O)CCc2cccc(F)c21. The Labute approximate surface area is 202 Å². The van der Waals surface area contributed by atoms with Gasteiger partial charge in [-0.05, 0) is 70.9 Å². The first-order valence-corrected chi connectivity index (χ1v) is 12.9. The number of carbonyl (C=O) groups is 3. The van der Waals surface area contributed by atoms with E-state index in [1.54, 1.807) is 6.07 Å². The minimum atomic E-state index is -1.50. The first-order chi connectivity index (χ1) is 16.0. The number of carbonyl (C=O) groups excluding carboxylic acids is 3. The van der Waals surface area contributed by atoms with Crippen LogP contribution < -0.4 is 10.0 Å². The number of aryl methyl sites for hydroxylation is 1. The summed E-state index contributed by atoms with van der Waals surface area (Å²) in [6.45, 7) is 6.38. The fourth-order valence-electron chi connectivity index (χ4n) is 5.09. The number of nitrogens with zero attached hydrogens (tertiary/aromatic N) is 1. The quantitative estimate of drug-likeness (QED) is 0.466. The van der Waals surface area contributed by atoms with Crippen molar-refractivity contribution < 1.29 is 28.1 Å². The average molecular weight is 494 g/mol. The van der Waals surface area contributed by atoms with Crippen LogP contribution in [0.2, 0.25) is 0 Å². The molecule has 0 spiro atoms. The zero-order valence-corrected chi connectivity index (χ0v) is 20.6. The Kier molecular flexibility index (Phi) is 7.06. The molecule has 0 saturated carbocycles. The maximum absolute atomic E-state index is 15.1. The molecule has 0 bridgehead atoms. The summed E-state index contributed by atoms with van der Waals surface area (Å²) in [4.78, 5) is 39.6. The molecular formula is C24H32FN3O5S. The Bertz CT molecular complexity index is 978. The second-order valence-corrected chi connectivity index (χ2v) is 12.2. The van der Waals surface area contributed by atoms with E-state index in [0.717, 1.165) is 10.5 Å². The van der Waals surface area contributed by atoms with Gasteiger partial charge in [0.15, 0.2) is 0 Å². The summed E-state index contributed by atoms with van der Waals surface area (Å²) in [5, 5.41) is 2.32. The van der Waals surface area contributed by atoms with Gasteiger partial charge in [-0.3, -0.25) is 19.8 Å². The minimum absolute atomic E-state index is 0.0970. The zero-order chi connectivity index (χ0) is 24.7. The number of urea groups is 1. The van der Waals surface area contributed by atoms with Crippen LogP contribution in [0.1, 0.15) is 64.0 Å². The number of rotatable bonds is 6. The number of benzene rings is 1. The summed E-state index contributed by atoms with van der Waals surface area (Å²) >= 11 is -1.50. The number of halogens is 1. The van der Waals surface area contributed by atoms with E-state index in [4.69, 9.17) is 4.74 Å². The summed E-state index contributed by atoms with van der Waals surface area (Å²) in [6, 6.07) is 3.87. The fraction of sp³-hybridized carbons (Fsp3) is 0.625. The highest BCUT2D eigenvalue weighted by atomic mass is 32.2.